The van der Waals surface area contributed by atoms with Gasteiger partial charge in [-0.1, -0.05) is 51.0 Å². The lowest BCUT2D eigenvalue weighted by Gasteiger charge is -2.58. The summed E-state index contributed by atoms with van der Waals surface area (Å²) in [4.78, 5) is 26.6. The maximum absolute atomic E-state index is 11.5. The van der Waals surface area contributed by atoms with E-state index in [1.807, 2.05) is 6.92 Å². The molecule has 7 nitrogen and oxygen atoms in total. The van der Waals surface area contributed by atoms with Gasteiger partial charge in [-0.3, -0.25) is 4.52 Å². The molecule has 0 aromatic heterocycles. The Morgan fingerprint density at radius 3 is 2.52 bits per heavy atom. The second kappa shape index (κ2) is 9.08. The van der Waals surface area contributed by atoms with Gasteiger partial charge >= 0.3 is 15.6 Å². The highest BCUT2D eigenvalue weighted by atomic mass is 31.3. The first-order valence-corrected chi connectivity index (χ1v) is 13.3. The van der Waals surface area contributed by atoms with Crippen LogP contribution in [0.2, 0.25) is 0 Å². The van der Waals surface area contributed by atoms with Gasteiger partial charge in [0.2, 0.25) is 0 Å². The van der Waals surface area contributed by atoms with Crippen molar-refractivity contribution in [1.82, 2.24) is 0 Å². The van der Waals surface area contributed by atoms with Crippen LogP contribution in [0.5, 0.6) is 0 Å². The molecule has 0 spiro atoms. The van der Waals surface area contributed by atoms with Crippen molar-refractivity contribution in [3.8, 4) is 0 Å². The van der Waals surface area contributed by atoms with Gasteiger partial charge in [0.05, 0.1) is 6.61 Å². The molecule has 2 aliphatic carbocycles. The number of hydrogen-bond donors (Lipinski definition) is 3. The van der Waals surface area contributed by atoms with Gasteiger partial charge < -0.3 is 14.7 Å². The topological polar surface area (TPSA) is 113 Å². The van der Waals surface area contributed by atoms with Crippen molar-refractivity contribution in [2.24, 2.45) is 22.7 Å². The fourth-order valence-electron chi connectivity index (χ4n) is 5.71. The molecule has 4 atom stereocenters. The Hall–Kier alpha value is -0.260. The predicted molar refractivity (Wildman–Crippen MR) is 113 cm³/mol. The summed E-state index contributed by atoms with van der Waals surface area (Å²) in [6.07, 6.45) is 9.48. The molecule has 29 heavy (non-hydrogen) atoms. The Morgan fingerprint density at radius 2 is 1.90 bits per heavy atom. The van der Waals surface area contributed by atoms with Crippen molar-refractivity contribution in [3.63, 3.8) is 0 Å². The van der Waals surface area contributed by atoms with Crippen molar-refractivity contribution in [1.29, 1.82) is 0 Å². The summed E-state index contributed by atoms with van der Waals surface area (Å²) in [5, 5.41) is 0. The molecule has 0 heterocycles. The number of rotatable bonds is 8. The van der Waals surface area contributed by atoms with Crippen LogP contribution in [0.25, 0.3) is 0 Å². The Balaban J connectivity index is 1.97. The molecule has 0 aromatic carbocycles. The van der Waals surface area contributed by atoms with E-state index >= 15 is 0 Å². The lowest BCUT2D eigenvalue weighted by Crippen LogP contribution is -2.49. The molecule has 1 unspecified atom stereocenters. The van der Waals surface area contributed by atoms with Crippen molar-refractivity contribution >= 4 is 15.6 Å². The first-order valence-electron chi connectivity index (χ1n) is 10.2. The molecule has 0 aromatic rings. The Labute approximate surface area is 174 Å². The first kappa shape index (κ1) is 25.0. The van der Waals surface area contributed by atoms with Gasteiger partial charge in [0.15, 0.2) is 0 Å². The van der Waals surface area contributed by atoms with Crippen LogP contribution in [-0.2, 0) is 18.0 Å². The second-order valence-corrected chi connectivity index (χ2v) is 12.4. The number of phosphoric ester groups is 1. The number of hydrogen-bond acceptors (Lipinski definition) is 4. The number of phosphoric acid groups is 2. The van der Waals surface area contributed by atoms with E-state index in [1.165, 1.54) is 31.3 Å². The zero-order chi connectivity index (χ0) is 22.1. The normalized spacial score (nSPS) is 32.5. The Morgan fingerprint density at radius 1 is 1.24 bits per heavy atom. The highest BCUT2D eigenvalue weighted by molar-refractivity contribution is 7.60. The Bertz CT molecular complexity index is 739. The number of fused-ring (bicyclic) bond motifs is 1. The third-order valence-electron chi connectivity index (χ3n) is 7.03. The monoisotopic (exact) mass is 450 g/mol. The quantitative estimate of drug-likeness (QED) is 0.319. The van der Waals surface area contributed by atoms with Crippen LogP contribution < -0.4 is 0 Å². The van der Waals surface area contributed by atoms with Gasteiger partial charge in [-0.05, 0) is 68.1 Å². The molecule has 0 bridgehead atoms. The fourth-order valence-corrected chi connectivity index (χ4v) is 7.24. The maximum Gasteiger partial charge on any atom is 0.481 e. The zero-order valence-corrected chi connectivity index (χ0v) is 19.8. The predicted octanol–water partition coefficient (Wildman–Crippen LogP) is 5.74. The van der Waals surface area contributed by atoms with Crippen LogP contribution in [0.3, 0.4) is 0 Å². The third-order valence-corrected chi connectivity index (χ3v) is 9.18. The number of allylic oxidation sites excluding steroid dienone is 2. The van der Waals surface area contributed by atoms with Crippen LogP contribution in [0.4, 0.5) is 0 Å². The van der Waals surface area contributed by atoms with Gasteiger partial charge in [-0.25, -0.2) is 9.13 Å². The molecule has 0 aliphatic heterocycles. The second-order valence-electron chi connectivity index (χ2n) is 9.58. The zero-order valence-electron chi connectivity index (χ0n) is 18.0. The van der Waals surface area contributed by atoms with Crippen molar-refractivity contribution in [2.45, 2.75) is 72.6 Å². The lowest BCUT2D eigenvalue weighted by molar-refractivity contribution is -0.0539. The molecule has 2 aliphatic rings. The lowest BCUT2D eigenvalue weighted by atomic mass is 9.47. The Kier molecular flexibility index (Phi) is 7.83. The summed E-state index contributed by atoms with van der Waals surface area (Å²) in [6, 6.07) is 0. The molecular weight excluding hydrogens is 414 g/mol. The van der Waals surface area contributed by atoms with Gasteiger partial charge in [0.1, 0.15) is 0 Å². The molecule has 0 saturated heterocycles. The summed E-state index contributed by atoms with van der Waals surface area (Å²) >= 11 is 0. The van der Waals surface area contributed by atoms with Crippen LogP contribution in [0.1, 0.15) is 72.6 Å². The van der Waals surface area contributed by atoms with E-state index in [0.29, 0.717) is 17.3 Å². The first-order chi connectivity index (χ1) is 13.2. The average Bonchev–Trinajstić information content (AvgIpc) is 2.50. The largest absolute Gasteiger partial charge is 0.481 e. The molecule has 0 radical (unpaired) electrons. The van der Waals surface area contributed by atoms with Gasteiger partial charge in [0.25, 0.3) is 0 Å². The molecule has 2 fully saturated rings. The van der Waals surface area contributed by atoms with E-state index < -0.39 is 15.6 Å². The van der Waals surface area contributed by atoms with E-state index in [1.54, 1.807) is 6.08 Å². The molecule has 2 rings (SSSR count). The fraction of sp³-hybridized carbons (Fsp3) is 0.800. The van der Waals surface area contributed by atoms with Crippen molar-refractivity contribution in [3.05, 3.63) is 23.8 Å². The van der Waals surface area contributed by atoms with Gasteiger partial charge in [0, 0.05) is 0 Å². The molecule has 9 heteroatoms. The summed E-state index contributed by atoms with van der Waals surface area (Å²) in [7, 11) is -9.88. The standard InChI is InChI=1S/C20H36O7P2/c1-15(11-14-26-29(24,25)27-28(21,22)23)7-9-17-16(2)8-10-18-19(3,4)12-6-13-20(17,18)5/h11,17-18H,2,6-10,12-14H2,1,3-5H3,(H,24,25)(H2,21,22,23)/t17-,18-,20+/m1/s1. The van der Waals surface area contributed by atoms with E-state index in [9.17, 15) is 14.0 Å². The van der Waals surface area contributed by atoms with Crippen LogP contribution in [0.15, 0.2) is 23.8 Å². The summed E-state index contributed by atoms with van der Waals surface area (Å²) < 4.78 is 30.6. The third kappa shape index (κ3) is 6.61. The molecule has 3 N–H and O–H groups in total. The summed E-state index contributed by atoms with van der Waals surface area (Å²) in [6.45, 7) is 13.3. The average molecular weight is 450 g/mol. The van der Waals surface area contributed by atoms with Crippen molar-refractivity contribution < 1.29 is 32.6 Å². The maximum atomic E-state index is 11.5. The minimum Gasteiger partial charge on any atom is -0.302 e. The summed E-state index contributed by atoms with van der Waals surface area (Å²) in [5.41, 5.74) is 2.94. The van der Waals surface area contributed by atoms with Crippen LogP contribution in [-0.4, -0.2) is 21.3 Å². The smallest absolute Gasteiger partial charge is 0.302 e. The minimum atomic E-state index is -5.09. The molecular formula is C20H36O7P2. The highest BCUT2D eigenvalue weighted by Gasteiger charge is 2.52. The van der Waals surface area contributed by atoms with Gasteiger partial charge in [-0.2, -0.15) is 4.31 Å². The minimum absolute atomic E-state index is 0.252. The van der Waals surface area contributed by atoms with Crippen molar-refractivity contribution in [2.75, 3.05) is 6.61 Å². The van der Waals surface area contributed by atoms with E-state index in [-0.39, 0.29) is 12.0 Å². The van der Waals surface area contributed by atoms with E-state index in [0.717, 1.165) is 24.8 Å². The molecule has 2 saturated carbocycles. The van der Waals surface area contributed by atoms with E-state index in [4.69, 9.17) is 9.79 Å². The summed E-state index contributed by atoms with van der Waals surface area (Å²) in [5.74, 6) is 1.14. The van der Waals surface area contributed by atoms with Crippen LogP contribution >= 0.6 is 15.6 Å². The SMILES string of the molecule is C=C1CC[C@@H]2C(C)(C)CCC[C@@]2(C)[C@@H]1CCC(C)=CCOP(=O)(O)OP(=O)(O)O. The van der Waals surface area contributed by atoms with Crippen LogP contribution in [0, 0.1) is 22.7 Å². The van der Waals surface area contributed by atoms with Gasteiger partial charge in [-0.15, -0.1) is 0 Å². The molecule has 168 valence electrons. The van der Waals surface area contributed by atoms with E-state index in [2.05, 4.69) is 36.2 Å². The highest BCUT2D eigenvalue weighted by Crippen LogP contribution is 2.62. The molecule has 0 amide bonds.